The number of halogens is 2. The van der Waals surface area contributed by atoms with Gasteiger partial charge in [-0.3, -0.25) is 0 Å². The van der Waals surface area contributed by atoms with Gasteiger partial charge in [-0.1, -0.05) is 28.8 Å². The Balaban J connectivity index is 0.000000845. The molecule has 0 aromatic heterocycles. The second-order valence-electron chi connectivity index (χ2n) is 4.37. The molecular weight excluding hydrogens is 249 g/mol. The second-order valence-corrected chi connectivity index (χ2v) is 5.55. The first-order valence-corrected chi connectivity index (χ1v) is 6.10. The van der Waals surface area contributed by atoms with Gasteiger partial charge < -0.3 is 5.73 Å². The zero-order valence-electron chi connectivity index (χ0n) is 7.92. The molecule has 13 heavy (non-hydrogen) atoms. The van der Waals surface area contributed by atoms with Gasteiger partial charge in [-0.05, 0) is 37.5 Å². The molecule has 2 saturated carbocycles. The van der Waals surface area contributed by atoms with E-state index in [1.165, 1.54) is 38.5 Å². The first-order valence-electron chi connectivity index (χ1n) is 5.18. The highest BCUT2D eigenvalue weighted by atomic mass is 79.9. The van der Waals surface area contributed by atoms with Gasteiger partial charge in [0, 0.05) is 10.9 Å². The molecule has 0 aliphatic heterocycles. The van der Waals surface area contributed by atoms with Crippen LogP contribution in [0.3, 0.4) is 0 Å². The minimum atomic E-state index is 0. The van der Waals surface area contributed by atoms with Crippen LogP contribution < -0.4 is 5.73 Å². The molecule has 2 fully saturated rings. The molecule has 78 valence electrons. The fraction of sp³-hybridized carbons (Fsp3) is 1.00. The summed E-state index contributed by atoms with van der Waals surface area (Å²) in [5.74, 6) is 1.72. The summed E-state index contributed by atoms with van der Waals surface area (Å²) in [6.07, 6.45) is 8.16. The summed E-state index contributed by atoms with van der Waals surface area (Å²) in [4.78, 5) is 0.766. The predicted molar refractivity (Wildman–Crippen MR) is 62.6 cm³/mol. The van der Waals surface area contributed by atoms with Gasteiger partial charge >= 0.3 is 0 Å². The normalized spacial score (nSPS) is 44.8. The maximum Gasteiger partial charge on any atom is 0.0177 e. The van der Waals surface area contributed by atoms with Crippen LogP contribution in [0, 0.1) is 11.8 Å². The zero-order valence-corrected chi connectivity index (χ0v) is 10.3. The standard InChI is InChI=1S/C10H18BrN.ClH/c11-9-5-6-10(12)8-4-2-1-3-7(8)9;/h7-10H,1-6,12H2;1H. The average Bonchev–Trinajstić information content (AvgIpc) is 2.12. The van der Waals surface area contributed by atoms with Crippen molar-refractivity contribution in [2.45, 2.75) is 49.4 Å². The number of rotatable bonds is 0. The maximum atomic E-state index is 6.13. The fourth-order valence-electron chi connectivity index (χ4n) is 2.95. The monoisotopic (exact) mass is 267 g/mol. The lowest BCUT2D eigenvalue weighted by molar-refractivity contribution is 0.155. The van der Waals surface area contributed by atoms with Gasteiger partial charge in [0.05, 0.1) is 0 Å². The van der Waals surface area contributed by atoms with Crippen LogP contribution >= 0.6 is 28.3 Å². The molecule has 2 rings (SSSR count). The number of nitrogens with two attached hydrogens (primary N) is 1. The lowest BCUT2D eigenvalue weighted by Gasteiger charge is -2.42. The van der Waals surface area contributed by atoms with E-state index in [0.29, 0.717) is 6.04 Å². The van der Waals surface area contributed by atoms with Crippen molar-refractivity contribution in [3.05, 3.63) is 0 Å². The summed E-state index contributed by atoms with van der Waals surface area (Å²) >= 11 is 3.80. The highest BCUT2D eigenvalue weighted by molar-refractivity contribution is 9.09. The van der Waals surface area contributed by atoms with E-state index >= 15 is 0 Å². The topological polar surface area (TPSA) is 26.0 Å². The van der Waals surface area contributed by atoms with Gasteiger partial charge in [-0.25, -0.2) is 0 Å². The highest BCUT2D eigenvalue weighted by Crippen LogP contribution is 2.42. The average molecular weight is 269 g/mol. The van der Waals surface area contributed by atoms with E-state index in [-0.39, 0.29) is 12.4 Å². The lowest BCUT2D eigenvalue weighted by Crippen LogP contribution is -2.44. The minimum Gasteiger partial charge on any atom is -0.327 e. The molecule has 2 N–H and O–H groups in total. The Morgan fingerprint density at radius 2 is 1.54 bits per heavy atom. The van der Waals surface area contributed by atoms with Crippen LogP contribution in [-0.2, 0) is 0 Å². The molecule has 3 heteroatoms. The van der Waals surface area contributed by atoms with Crippen LogP contribution in [0.15, 0.2) is 0 Å². The molecule has 0 aromatic carbocycles. The molecule has 4 unspecified atom stereocenters. The third-order valence-electron chi connectivity index (χ3n) is 3.67. The first-order chi connectivity index (χ1) is 5.79. The molecule has 0 spiro atoms. The number of alkyl halides is 1. The summed E-state index contributed by atoms with van der Waals surface area (Å²) < 4.78 is 0. The van der Waals surface area contributed by atoms with Gasteiger partial charge in [-0.2, -0.15) is 0 Å². The van der Waals surface area contributed by atoms with Crippen molar-refractivity contribution in [1.29, 1.82) is 0 Å². The summed E-state index contributed by atoms with van der Waals surface area (Å²) in [6, 6.07) is 0.504. The Hall–Kier alpha value is 0.730. The van der Waals surface area contributed by atoms with E-state index < -0.39 is 0 Å². The molecular formula is C10H19BrClN. The molecule has 0 bridgehead atoms. The Kier molecular flexibility index (Phi) is 4.53. The second kappa shape index (κ2) is 4.99. The van der Waals surface area contributed by atoms with Crippen molar-refractivity contribution < 1.29 is 0 Å². The molecule has 2 aliphatic rings. The molecule has 0 aromatic rings. The van der Waals surface area contributed by atoms with Gasteiger partial charge in [-0.15, -0.1) is 12.4 Å². The molecule has 0 amide bonds. The third-order valence-corrected chi connectivity index (χ3v) is 4.80. The maximum absolute atomic E-state index is 6.13. The third kappa shape index (κ3) is 2.40. The number of hydrogen-bond acceptors (Lipinski definition) is 1. The summed E-state index contributed by atoms with van der Waals surface area (Å²) in [5.41, 5.74) is 6.13. The Morgan fingerprint density at radius 1 is 0.923 bits per heavy atom. The van der Waals surface area contributed by atoms with Crippen LogP contribution in [0.1, 0.15) is 38.5 Å². The van der Waals surface area contributed by atoms with Crippen LogP contribution in [0.2, 0.25) is 0 Å². The van der Waals surface area contributed by atoms with Crippen LogP contribution in [0.5, 0.6) is 0 Å². The van der Waals surface area contributed by atoms with Crippen LogP contribution in [0.25, 0.3) is 0 Å². The fourth-order valence-corrected chi connectivity index (χ4v) is 3.87. The van der Waals surface area contributed by atoms with E-state index in [9.17, 15) is 0 Å². The van der Waals surface area contributed by atoms with E-state index in [2.05, 4.69) is 15.9 Å². The minimum absolute atomic E-state index is 0. The van der Waals surface area contributed by atoms with Crippen LogP contribution in [-0.4, -0.2) is 10.9 Å². The van der Waals surface area contributed by atoms with Crippen molar-refractivity contribution in [3.63, 3.8) is 0 Å². The highest BCUT2D eigenvalue weighted by Gasteiger charge is 2.37. The Bertz CT molecular complexity index is 147. The quantitative estimate of drug-likeness (QED) is 0.671. The van der Waals surface area contributed by atoms with Gasteiger partial charge in [0.1, 0.15) is 0 Å². The zero-order chi connectivity index (χ0) is 8.55. The van der Waals surface area contributed by atoms with E-state index in [0.717, 1.165) is 16.7 Å². The van der Waals surface area contributed by atoms with Crippen molar-refractivity contribution in [1.82, 2.24) is 0 Å². The van der Waals surface area contributed by atoms with E-state index in [1.54, 1.807) is 0 Å². The SMILES string of the molecule is Cl.NC1CCC(Br)C2CCCCC12. The van der Waals surface area contributed by atoms with Gasteiger partial charge in [0.15, 0.2) is 0 Å². The van der Waals surface area contributed by atoms with E-state index in [1.807, 2.05) is 0 Å². The predicted octanol–water partition coefficient (Wildman–Crippen LogP) is 3.10. The van der Waals surface area contributed by atoms with Crippen molar-refractivity contribution >= 4 is 28.3 Å². The molecule has 2 aliphatic carbocycles. The summed E-state index contributed by atoms with van der Waals surface area (Å²) in [6.45, 7) is 0. The lowest BCUT2D eigenvalue weighted by atomic mass is 9.68. The molecule has 0 saturated heterocycles. The largest absolute Gasteiger partial charge is 0.327 e. The van der Waals surface area contributed by atoms with Crippen molar-refractivity contribution in [2.75, 3.05) is 0 Å². The number of fused-ring (bicyclic) bond motifs is 1. The summed E-state index contributed by atoms with van der Waals surface area (Å²) in [7, 11) is 0. The van der Waals surface area contributed by atoms with Crippen molar-refractivity contribution in [2.24, 2.45) is 17.6 Å². The van der Waals surface area contributed by atoms with Crippen LogP contribution in [0.4, 0.5) is 0 Å². The molecule has 1 nitrogen and oxygen atoms in total. The molecule has 0 heterocycles. The first kappa shape index (κ1) is 11.8. The Labute approximate surface area is 95.4 Å². The number of hydrogen-bond donors (Lipinski definition) is 1. The Morgan fingerprint density at radius 3 is 2.15 bits per heavy atom. The summed E-state index contributed by atoms with van der Waals surface area (Å²) in [5, 5.41) is 0. The van der Waals surface area contributed by atoms with Gasteiger partial charge in [0.25, 0.3) is 0 Å². The molecule has 4 atom stereocenters. The van der Waals surface area contributed by atoms with Gasteiger partial charge in [0.2, 0.25) is 0 Å². The van der Waals surface area contributed by atoms with Crippen molar-refractivity contribution in [3.8, 4) is 0 Å². The molecule has 0 radical (unpaired) electrons. The van der Waals surface area contributed by atoms with E-state index in [4.69, 9.17) is 5.73 Å². The smallest absolute Gasteiger partial charge is 0.0177 e.